The van der Waals surface area contributed by atoms with Gasteiger partial charge in [-0.15, -0.1) is 0 Å². The molecule has 1 unspecified atom stereocenters. The van der Waals surface area contributed by atoms with E-state index in [0.29, 0.717) is 12.5 Å². The van der Waals surface area contributed by atoms with Crippen molar-refractivity contribution in [3.05, 3.63) is 28.8 Å². The zero-order valence-electron chi connectivity index (χ0n) is 10.1. The van der Waals surface area contributed by atoms with Crippen molar-refractivity contribution in [3.8, 4) is 6.07 Å². The quantitative estimate of drug-likeness (QED) is 0.793. The summed E-state index contributed by atoms with van der Waals surface area (Å²) in [6.45, 7) is 3.14. The van der Waals surface area contributed by atoms with Gasteiger partial charge in [-0.05, 0) is 43.9 Å². The Labute approximate surface area is 108 Å². The van der Waals surface area contributed by atoms with Gasteiger partial charge in [0, 0.05) is 23.3 Å². The van der Waals surface area contributed by atoms with Crippen LogP contribution >= 0.6 is 11.6 Å². The molecule has 1 aliphatic heterocycles. The van der Waals surface area contributed by atoms with E-state index < -0.39 is 0 Å². The first-order chi connectivity index (χ1) is 8.22. The standard InChI is InChI=1S/C14H17ClN2/c1-11-5-6-12(15)10-14(11)17-9-3-2-4-13(17)7-8-16/h5-6,10,13H,2-4,7,9H2,1H3. The highest BCUT2D eigenvalue weighted by molar-refractivity contribution is 6.30. The molecule has 17 heavy (non-hydrogen) atoms. The summed E-state index contributed by atoms with van der Waals surface area (Å²) in [5, 5.41) is 9.67. The van der Waals surface area contributed by atoms with E-state index in [4.69, 9.17) is 16.9 Å². The molecule has 0 spiro atoms. The van der Waals surface area contributed by atoms with Crippen molar-refractivity contribution in [2.75, 3.05) is 11.4 Å². The van der Waals surface area contributed by atoms with Gasteiger partial charge in [-0.25, -0.2) is 0 Å². The molecule has 0 saturated carbocycles. The predicted molar refractivity (Wildman–Crippen MR) is 71.4 cm³/mol. The molecule has 0 aliphatic carbocycles. The van der Waals surface area contributed by atoms with Crippen molar-refractivity contribution in [1.82, 2.24) is 0 Å². The van der Waals surface area contributed by atoms with E-state index in [1.54, 1.807) is 0 Å². The first-order valence-corrected chi connectivity index (χ1v) is 6.50. The van der Waals surface area contributed by atoms with Crippen LogP contribution in [0, 0.1) is 18.3 Å². The maximum Gasteiger partial charge on any atom is 0.0643 e. The van der Waals surface area contributed by atoms with Gasteiger partial charge in [0.15, 0.2) is 0 Å². The number of rotatable bonds is 2. The number of hydrogen-bond acceptors (Lipinski definition) is 2. The molecule has 1 fully saturated rings. The van der Waals surface area contributed by atoms with Gasteiger partial charge in [-0.2, -0.15) is 5.26 Å². The highest BCUT2D eigenvalue weighted by atomic mass is 35.5. The van der Waals surface area contributed by atoms with E-state index in [2.05, 4.69) is 24.0 Å². The van der Waals surface area contributed by atoms with Gasteiger partial charge in [0.2, 0.25) is 0 Å². The normalized spacial score (nSPS) is 20.1. The van der Waals surface area contributed by atoms with Gasteiger partial charge in [0.05, 0.1) is 12.5 Å². The summed E-state index contributed by atoms with van der Waals surface area (Å²) in [5.74, 6) is 0. The second kappa shape index (κ2) is 5.42. The van der Waals surface area contributed by atoms with Gasteiger partial charge in [-0.1, -0.05) is 17.7 Å². The molecule has 0 N–H and O–H groups in total. The third-order valence-electron chi connectivity index (χ3n) is 3.43. The van der Waals surface area contributed by atoms with Gasteiger partial charge < -0.3 is 4.90 Å². The van der Waals surface area contributed by atoms with Crippen LogP contribution in [0.25, 0.3) is 0 Å². The highest BCUT2D eigenvalue weighted by Gasteiger charge is 2.23. The topological polar surface area (TPSA) is 27.0 Å². The van der Waals surface area contributed by atoms with Crippen LogP contribution in [-0.4, -0.2) is 12.6 Å². The van der Waals surface area contributed by atoms with E-state index in [1.807, 2.05) is 12.1 Å². The Morgan fingerprint density at radius 1 is 1.47 bits per heavy atom. The Balaban J connectivity index is 2.29. The van der Waals surface area contributed by atoms with Gasteiger partial charge >= 0.3 is 0 Å². The lowest BCUT2D eigenvalue weighted by atomic mass is 9.98. The molecule has 2 rings (SSSR count). The van der Waals surface area contributed by atoms with E-state index in [-0.39, 0.29) is 0 Å². The molecule has 1 aromatic rings. The molecule has 1 heterocycles. The summed E-state index contributed by atoms with van der Waals surface area (Å²) in [7, 11) is 0. The van der Waals surface area contributed by atoms with Gasteiger partial charge in [-0.3, -0.25) is 0 Å². The third kappa shape index (κ3) is 2.73. The minimum absolute atomic E-state index is 0.353. The first-order valence-electron chi connectivity index (χ1n) is 6.12. The summed E-state index contributed by atoms with van der Waals surface area (Å²) < 4.78 is 0. The second-order valence-electron chi connectivity index (χ2n) is 4.64. The molecular weight excluding hydrogens is 232 g/mol. The lowest BCUT2D eigenvalue weighted by Gasteiger charge is -2.37. The maximum atomic E-state index is 8.90. The second-order valence-corrected chi connectivity index (χ2v) is 5.07. The zero-order chi connectivity index (χ0) is 12.3. The van der Waals surface area contributed by atoms with Crippen LogP contribution in [0.3, 0.4) is 0 Å². The lowest BCUT2D eigenvalue weighted by Crippen LogP contribution is -2.39. The van der Waals surface area contributed by atoms with Crippen LogP contribution in [0.1, 0.15) is 31.2 Å². The monoisotopic (exact) mass is 248 g/mol. The molecule has 0 amide bonds. The average Bonchev–Trinajstić information content (AvgIpc) is 2.34. The molecule has 1 saturated heterocycles. The van der Waals surface area contributed by atoms with Crippen molar-refractivity contribution >= 4 is 17.3 Å². The summed E-state index contributed by atoms with van der Waals surface area (Å²) in [4.78, 5) is 2.36. The summed E-state index contributed by atoms with van der Waals surface area (Å²) in [5.41, 5.74) is 2.43. The average molecular weight is 249 g/mol. The number of hydrogen-bond donors (Lipinski definition) is 0. The fraction of sp³-hybridized carbons (Fsp3) is 0.500. The summed E-state index contributed by atoms with van der Waals surface area (Å²) >= 11 is 6.07. The number of halogens is 1. The number of anilines is 1. The fourth-order valence-electron chi connectivity index (χ4n) is 2.53. The van der Waals surface area contributed by atoms with Crippen LogP contribution in [0.4, 0.5) is 5.69 Å². The minimum Gasteiger partial charge on any atom is -0.367 e. The van der Waals surface area contributed by atoms with Crippen molar-refractivity contribution in [1.29, 1.82) is 5.26 Å². The number of nitriles is 1. The number of piperidine rings is 1. The van der Waals surface area contributed by atoms with Crippen LogP contribution < -0.4 is 4.90 Å². The Hall–Kier alpha value is -1.20. The van der Waals surface area contributed by atoms with E-state index >= 15 is 0 Å². The van der Waals surface area contributed by atoms with Crippen molar-refractivity contribution in [3.63, 3.8) is 0 Å². The Morgan fingerprint density at radius 3 is 3.06 bits per heavy atom. The molecule has 1 atom stereocenters. The summed E-state index contributed by atoms with van der Waals surface area (Å²) in [6, 6.07) is 8.64. The van der Waals surface area contributed by atoms with Crippen molar-refractivity contribution in [2.24, 2.45) is 0 Å². The van der Waals surface area contributed by atoms with Crippen molar-refractivity contribution < 1.29 is 0 Å². The predicted octanol–water partition coefficient (Wildman–Crippen LogP) is 3.92. The van der Waals surface area contributed by atoms with Crippen molar-refractivity contribution in [2.45, 2.75) is 38.6 Å². The highest BCUT2D eigenvalue weighted by Crippen LogP contribution is 2.31. The van der Waals surface area contributed by atoms with Crippen LogP contribution in [0.15, 0.2) is 18.2 Å². The molecule has 2 nitrogen and oxygen atoms in total. The number of nitrogens with zero attached hydrogens (tertiary/aromatic N) is 2. The van der Waals surface area contributed by atoms with Crippen LogP contribution in [0.5, 0.6) is 0 Å². The molecule has 90 valence electrons. The first kappa shape index (κ1) is 12.3. The fourth-order valence-corrected chi connectivity index (χ4v) is 2.69. The molecular formula is C14H17ClN2. The van der Waals surface area contributed by atoms with Gasteiger partial charge in [0.25, 0.3) is 0 Å². The number of benzene rings is 1. The van der Waals surface area contributed by atoms with Crippen LogP contribution in [-0.2, 0) is 0 Å². The number of aryl methyl sites for hydroxylation is 1. The Bertz CT molecular complexity index is 436. The zero-order valence-corrected chi connectivity index (χ0v) is 10.9. The largest absolute Gasteiger partial charge is 0.367 e. The molecule has 1 aromatic carbocycles. The van der Waals surface area contributed by atoms with E-state index in [1.165, 1.54) is 24.1 Å². The van der Waals surface area contributed by atoms with E-state index in [0.717, 1.165) is 18.0 Å². The molecule has 1 aliphatic rings. The van der Waals surface area contributed by atoms with E-state index in [9.17, 15) is 0 Å². The molecule has 3 heteroatoms. The molecule has 0 bridgehead atoms. The Morgan fingerprint density at radius 2 is 2.29 bits per heavy atom. The maximum absolute atomic E-state index is 8.90. The third-order valence-corrected chi connectivity index (χ3v) is 3.67. The lowest BCUT2D eigenvalue weighted by molar-refractivity contribution is 0.464. The SMILES string of the molecule is Cc1ccc(Cl)cc1N1CCCCC1CC#N. The Kier molecular flexibility index (Phi) is 3.91. The minimum atomic E-state index is 0.353. The molecule has 0 aromatic heterocycles. The van der Waals surface area contributed by atoms with Gasteiger partial charge in [0.1, 0.15) is 0 Å². The van der Waals surface area contributed by atoms with Crippen LogP contribution in [0.2, 0.25) is 5.02 Å². The smallest absolute Gasteiger partial charge is 0.0643 e. The molecule has 0 radical (unpaired) electrons. The summed E-state index contributed by atoms with van der Waals surface area (Å²) in [6.07, 6.45) is 4.14.